The number of aliphatic hydroxyl groups is 4. The molecule has 4 N–H and O–H groups in total. The first-order valence-electron chi connectivity index (χ1n) is 3.95. The molecule has 0 aromatic carbocycles. The molecule has 5 heteroatoms. The van der Waals surface area contributed by atoms with Crippen molar-refractivity contribution in [3.8, 4) is 0 Å². The van der Waals surface area contributed by atoms with Gasteiger partial charge >= 0.3 is 0 Å². The quantitative estimate of drug-likeness (QED) is 0.400. The topological polar surface area (TPSA) is 90.2 Å². The van der Waals surface area contributed by atoms with E-state index in [1.165, 1.54) is 0 Å². The highest BCUT2D eigenvalue weighted by atomic mass is 16.6. The second kappa shape index (κ2) is 3.68. The molecule has 1 aliphatic rings. The molecule has 0 bridgehead atoms. The van der Waals surface area contributed by atoms with Crippen LogP contribution in [0.3, 0.4) is 0 Å². The molecule has 0 aromatic heterocycles. The van der Waals surface area contributed by atoms with E-state index < -0.39 is 30.7 Å². The second-order valence-electron chi connectivity index (χ2n) is 2.95. The number of rotatable bonds is 2. The minimum Gasteiger partial charge on any atom is -0.390 e. The monoisotopic (exact) mass is 178 g/mol. The lowest BCUT2D eigenvalue weighted by Crippen LogP contribution is -2.38. The van der Waals surface area contributed by atoms with E-state index in [1.807, 2.05) is 0 Å². The molecule has 5 atom stereocenters. The lowest BCUT2D eigenvalue weighted by molar-refractivity contribution is -0.146. The molecule has 1 rings (SSSR count). The molecule has 0 saturated carbocycles. The van der Waals surface area contributed by atoms with Crippen LogP contribution in [0.25, 0.3) is 0 Å². The molecule has 12 heavy (non-hydrogen) atoms. The molecule has 1 fully saturated rings. The Bertz CT molecular complexity index is 151. The Hall–Kier alpha value is -0.200. The average molecular weight is 178 g/mol. The summed E-state index contributed by atoms with van der Waals surface area (Å²) in [7, 11) is 0. The zero-order valence-electron chi connectivity index (χ0n) is 6.79. The van der Waals surface area contributed by atoms with Crippen LogP contribution in [0.5, 0.6) is 0 Å². The summed E-state index contributed by atoms with van der Waals surface area (Å²) in [6.07, 6.45) is -5.27. The van der Waals surface area contributed by atoms with E-state index in [0.717, 1.165) is 0 Å². The van der Waals surface area contributed by atoms with Gasteiger partial charge in [0, 0.05) is 0 Å². The third kappa shape index (κ3) is 1.60. The molecule has 72 valence electrons. The van der Waals surface area contributed by atoms with Crippen molar-refractivity contribution in [1.82, 2.24) is 0 Å². The van der Waals surface area contributed by atoms with E-state index in [1.54, 1.807) is 6.92 Å². The number of ether oxygens (including phenoxy) is 1. The first kappa shape index (κ1) is 9.88. The summed E-state index contributed by atoms with van der Waals surface area (Å²) < 4.78 is 4.74. The van der Waals surface area contributed by atoms with Crippen LogP contribution in [0.4, 0.5) is 0 Å². The van der Waals surface area contributed by atoms with Crippen molar-refractivity contribution < 1.29 is 25.2 Å². The highest BCUT2D eigenvalue weighted by Gasteiger charge is 2.44. The minimum atomic E-state index is -1.40. The van der Waals surface area contributed by atoms with E-state index in [0.29, 0.717) is 6.42 Å². The highest BCUT2D eigenvalue weighted by molar-refractivity contribution is 4.89. The van der Waals surface area contributed by atoms with Gasteiger partial charge in [-0.15, -0.1) is 0 Å². The van der Waals surface area contributed by atoms with E-state index in [2.05, 4.69) is 0 Å². The van der Waals surface area contributed by atoms with Crippen LogP contribution in [-0.4, -0.2) is 51.1 Å². The molecule has 1 saturated heterocycles. The van der Waals surface area contributed by atoms with Gasteiger partial charge in [0.2, 0.25) is 0 Å². The summed E-state index contributed by atoms with van der Waals surface area (Å²) in [6.45, 7) is 1.72. The maximum atomic E-state index is 9.26. The van der Waals surface area contributed by atoms with Crippen LogP contribution >= 0.6 is 0 Å². The van der Waals surface area contributed by atoms with E-state index in [4.69, 9.17) is 14.9 Å². The van der Waals surface area contributed by atoms with Crippen molar-refractivity contribution in [2.75, 3.05) is 0 Å². The summed E-state index contributed by atoms with van der Waals surface area (Å²) in [4.78, 5) is 0. The van der Waals surface area contributed by atoms with Crippen molar-refractivity contribution >= 4 is 0 Å². The average Bonchev–Trinajstić information content (AvgIpc) is 2.32. The fourth-order valence-electron chi connectivity index (χ4n) is 1.24. The zero-order valence-corrected chi connectivity index (χ0v) is 6.79. The van der Waals surface area contributed by atoms with Gasteiger partial charge in [0.15, 0.2) is 6.29 Å². The third-order valence-corrected chi connectivity index (χ3v) is 2.07. The van der Waals surface area contributed by atoms with Crippen LogP contribution < -0.4 is 0 Å². The first-order chi connectivity index (χ1) is 5.57. The van der Waals surface area contributed by atoms with Gasteiger partial charge in [-0.2, -0.15) is 0 Å². The Morgan fingerprint density at radius 2 is 1.83 bits per heavy atom. The standard InChI is InChI=1S/C7H14O5/c1-2-3(8)6-4(9)5(10)7(11)12-6/h3-11H,2H2,1H3/t3-,4?,5?,6?,7+/m0/s1. The Morgan fingerprint density at radius 3 is 2.17 bits per heavy atom. The van der Waals surface area contributed by atoms with Crippen molar-refractivity contribution in [1.29, 1.82) is 0 Å². The number of hydrogen-bond acceptors (Lipinski definition) is 5. The fraction of sp³-hybridized carbons (Fsp3) is 1.00. The van der Waals surface area contributed by atoms with E-state index in [-0.39, 0.29) is 0 Å². The smallest absolute Gasteiger partial charge is 0.184 e. The molecule has 3 unspecified atom stereocenters. The normalized spacial score (nSPS) is 44.8. The van der Waals surface area contributed by atoms with Gasteiger partial charge in [-0.1, -0.05) is 6.92 Å². The molecule has 0 aliphatic carbocycles. The fourth-order valence-corrected chi connectivity index (χ4v) is 1.24. The Kier molecular flexibility index (Phi) is 3.03. The Morgan fingerprint density at radius 1 is 1.25 bits per heavy atom. The van der Waals surface area contributed by atoms with Gasteiger partial charge in [0.1, 0.15) is 18.3 Å². The molecule has 5 nitrogen and oxygen atoms in total. The summed E-state index contributed by atoms with van der Waals surface area (Å²) in [6, 6.07) is 0. The van der Waals surface area contributed by atoms with Crippen LogP contribution in [-0.2, 0) is 4.74 Å². The predicted molar refractivity (Wildman–Crippen MR) is 39.2 cm³/mol. The van der Waals surface area contributed by atoms with Crippen molar-refractivity contribution in [2.45, 2.75) is 44.1 Å². The van der Waals surface area contributed by atoms with Crippen LogP contribution in [0.15, 0.2) is 0 Å². The molecular weight excluding hydrogens is 164 g/mol. The van der Waals surface area contributed by atoms with Gasteiger partial charge in [-0.25, -0.2) is 0 Å². The number of aliphatic hydroxyl groups excluding tert-OH is 4. The van der Waals surface area contributed by atoms with Gasteiger partial charge in [-0.05, 0) is 6.42 Å². The molecular formula is C7H14O5. The molecule has 0 aromatic rings. The van der Waals surface area contributed by atoms with Crippen LogP contribution in [0.2, 0.25) is 0 Å². The van der Waals surface area contributed by atoms with Crippen molar-refractivity contribution in [2.24, 2.45) is 0 Å². The third-order valence-electron chi connectivity index (χ3n) is 2.07. The highest BCUT2D eigenvalue weighted by Crippen LogP contribution is 2.23. The van der Waals surface area contributed by atoms with Crippen LogP contribution in [0, 0.1) is 0 Å². The largest absolute Gasteiger partial charge is 0.390 e. The Labute approximate surface area is 70.2 Å². The van der Waals surface area contributed by atoms with Crippen molar-refractivity contribution in [3.63, 3.8) is 0 Å². The van der Waals surface area contributed by atoms with Gasteiger partial charge in [0.05, 0.1) is 6.10 Å². The summed E-state index contributed by atoms with van der Waals surface area (Å²) in [5, 5.41) is 36.5. The molecule has 0 spiro atoms. The lowest BCUT2D eigenvalue weighted by atomic mass is 10.0. The van der Waals surface area contributed by atoms with Gasteiger partial charge in [-0.3, -0.25) is 0 Å². The minimum absolute atomic E-state index is 0.404. The van der Waals surface area contributed by atoms with E-state index >= 15 is 0 Å². The molecule has 0 amide bonds. The molecule has 1 heterocycles. The Balaban J connectivity index is 2.58. The summed E-state index contributed by atoms with van der Waals surface area (Å²) >= 11 is 0. The maximum absolute atomic E-state index is 9.26. The second-order valence-corrected chi connectivity index (χ2v) is 2.95. The molecule has 1 aliphatic heterocycles. The van der Waals surface area contributed by atoms with E-state index in [9.17, 15) is 10.2 Å². The summed E-state index contributed by atoms with van der Waals surface area (Å²) in [5.41, 5.74) is 0. The molecule has 0 radical (unpaired) electrons. The van der Waals surface area contributed by atoms with Gasteiger partial charge < -0.3 is 25.2 Å². The zero-order chi connectivity index (χ0) is 9.30. The first-order valence-corrected chi connectivity index (χ1v) is 3.95. The predicted octanol–water partition coefficient (Wildman–Crippen LogP) is -1.80. The maximum Gasteiger partial charge on any atom is 0.184 e. The SMILES string of the molecule is CC[C@H](O)C1O[C@@H](O)C(O)C1O. The number of hydrogen-bond donors (Lipinski definition) is 4. The lowest BCUT2D eigenvalue weighted by Gasteiger charge is -2.18. The van der Waals surface area contributed by atoms with Gasteiger partial charge in [0.25, 0.3) is 0 Å². The summed E-state index contributed by atoms with van der Waals surface area (Å²) in [5.74, 6) is 0. The van der Waals surface area contributed by atoms with Crippen LogP contribution in [0.1, 0.15) is 13.3 Å². The van der Waals surface area contributed by atoms with Crippen molar-refractivity contribution in [3.05, 3.63) is 0 Å².